The molecule has 0 saturated heterocycles. The molecule has 1 aliphatic rings. The summed E-state index contributed by atoms with van der Waals surface area (Å²) in [6, 6.07) is 7.83. The van der Waals surface area contributed by atoms with Crippen LogP contribution in [-0.2, 0) is 32.4 Å². The molecule has 0 radical (unpaired) electrons. The number of urea groups is 1. The molecule has 0 spiro atoms. The van der Waals surface area contributed by atoms with Crippen LogP contribution >= 0.6 is 0 Å². The van der Waals surface area contributed by atoms with Crippen LogP contribution in [-0.4, -0.2) is 35.9 Å². The number of aliphatic hydroxyl groups is 1. The normalized spacial score (nSPS) is 19.1. The van der Waals surface area contributed by atoms with E-state index in [4.69, 9.17) is 0 Å². The topological polar surface area (TPSA) is 103 Å². The minimum Gasteiger partial charge on any atom is -0.390 e. The van der Waals surface area contributed by atoms with Crippen molar-refractivity contribution in [2.45, 2.75) is 59.4 Å². The van der Waals surface area contributed by atoms with Gasteiger partial charge < -0.3 is 23.2 Å². The third-order valence-corrected chi connectivity index (χ3v) is 6.00. The molecule has 32 heavy (non-hydrogen) atoms. The van der Waals surface area contributed by atoms with Crippen molar-refractivity contribution in [3.05, 3.63) is 42.8 Å². The van der Waals surface area contributed by atoms with Crippen molar-refractivity contribution in [2.75, 3.05) is 13.2 Å². The number of aliphatic hydroxyl groups excluding tert-OH is 1. The van der Waals surface area contributed by atoms with Gasteiger partial charge in [-0.3, -0.25) is 4.79 Å². The first-order valence-corrected chi connectivity index (χ1v) is 11.0. The minimum absolute atomic E-state index is 0. The molecule has 1 aromatic rings. The molecule has 1 saturated carbocycles. The molecule has 1 aromatic carbocycles. The summed E-state index contributed by atoms with van der Waals surface area (Å²) in [5.41, 5.74) is 5.36. The molecule has 1 atom stereocenters. The second-order valence-corrected chi connectivity index (χ2v) is 8.31. The molecule has 0 aliphatic heterocycles. The summed E-state index contributed by atoms with van der Waals surface area (Å²) in [6.07, 6.45) is 4.37. The molecule has 7 nitrogen and oxygen atoms in total. The van der Waals surface area contributed by atoms with Gasteiger partial charge in [-0.25, -0.2) is 10.2 Å². The summed E-state index contributed by atoms with van der Waals surface area (Å²) in [4.78, 5) is 24.4. The number of nitrogens with zero attached hydrogens (tertiary/aromatic N) is 1. The quantitative estimate of drug-likeness (QED) is 0.194. The molecule has 8 heteroatoms. The fourth-order valence-electron chi connectivity index (χ4n) is 3.60. The molecular weight excluding hydrogens is 576 g/mol. The van der Waals surface area contributed by atoms with Crippen molar-refractivity contribution >= 4 is 17.6 Å². The van der Waals surface area contributed by atoms with E-state index in [-0.39, 0.29) is 58.9 Å². The number of hydrogen-bond acceptors (Lipinski definition) is 4. The fraction of sp³-hybridized carbons (Fsp3) is 0.583. The Morgan fingerprint density at radius 1 is 1.12 bits per heavy atom. The van der Waals surface area contributed by atoms with Crippen molar-refractivity contribution in [1.29, 1.82) is 0 Å². The van der Waals surface area contributed by atoms with Gasteiger partial charge in [0.05, 0.1) is 12.3 Å². The average molecular weight is 615 g/mol. The van der Waals surface area contributed by atoms with Crippen molar-refractivity contribution < 1.29 is 35.8 Å². The molecule has 2 rings (SSSR count). The Labute approximate surface area is 207 Å². The van der Waals surface area contributed by atoms with E-state index < -0.39 is 0 Å². The Morgan fingerprint density at radius 2 is 1.75 bits per heavy atom. The van der Waals surface area contributed by atoms with Crippen LogP contribution in [0.25, 0.3) is 0 Å². The molecule has 0 unspecified atom stereocenters. The molecule has 0 aromatic heterocycles. The Morgan fingerprint density at radius 3 is 2.31 bits per heavy atom. The van der Waals surface area contributed by atoms with E-state index in [1.807, 2.05) is 32.9 Å². The van der Waals surface area contributed by atoms with Crippen molar-refractivity contribution in [2.24, 2.45) is 22.9 Å². The molecule has 0 heterocycles. The Balaban J connectivity index is 0.00000480. The van der Waals surface area contributed by atoms with Gasteiger partial charge in [-0.15, -0.1) is 0 Å². The molecule has 4 N–H and O–H groups in total. The first-order valence-electron chi connectivity index (χ1n) is 11.0. The van der Waals surface area contributed by atoms with Gasteiger partial charge in [-0.05, 0) is 56.4 Å². The van der Waals surface area contributed by atoms with Crippen LogP contribution in [0.1, 0.15) is 57.1 Å². The van der Waals surface area contributed by atoms with Gasteiger partial charge >= 0.3 is 6.03 Å². The maximum absolute atomic E-state index is 12.4. The van der Waals surface area contributed by atoms with Gasteiger partial charge in [0.2, 0.25) is 5.91 Å². The second kappa shape index (κ2) is 16.0. The molecule has 0 bridgehead atoms. The second-order valence-electron chi connectivity index (χ2n) is 8.31. The van der Waals surface area contributed by atoms with E-state index >= 15 is 0 Å². The number of nitrogens with one attached hydrogen (secondary N) is 3. The summed E-state index contributed by atoms with van der Waals surface area (Å²) < 4.78 is 0. The molecular formula is C24H39N4O3W-. The maximum atomic E-state index is 12.4. The van der Waals surface area contributed by atoms with Gasteiger partial charge in [0, 0.05) is 40.1 Å². The number of benzene rings is 1. The number of carbonyl (C=O) groups is 2. The van der Waals surface area contributed by atoms with E-state index in [1.165, 1.54) is 5.56 Å². The van der Waals surface area contributed by atoms with Crippen LogP contribution in [0.4, 0.5) is 4.79 Å². The van der Waals surface area contributed by atoms with Crippen molar-refractivity contribution in [3.63, 3.8) is 0 Å². The van der Waals surface area contributed by atoms with E-state index in [9.17, 15) is 14.7 Å². The summed E-state index contributed by atoms with van der Waals surface area (Å²) in [5, 5.41) is 19.2. The summed E-state index contributed by atoms with van der Waals surface area (Å²) >= 11 is 0. The van der Waals surface area contributed by atoms with Crippen LogP contribution in [0.3, 0.4) is 0 Å². The number of amides is 3. The summed E-state index contributed by atoms with van der Waals surface area (Å²) in [6.45, 7) is 6.99. The van der Waals surface area contributed by atoms with Crippen molar-refractivity contribution in [1.82, 2.24) is 16.1 Å². The van der Waals surface area contributed by atoms with Gasteiger partial charge in [0.1, 0.15) is 0 Å². The predicted octanol–water partition coefficient (Wildman–Crippen LogP) is 3.56. The summed E-state index contributed by atoms with van der Waals surface area (Å²) in [7, 11) is 0. The maximum Gasteiger partial charge on any atom is 0.335 e. The zero-order valence-corrected chi connectivity index (χ0v) is 22.8. The average Bonchev–Trinajstić information content (AvgIpc) is 2.77. The largest absolute Gasteiger partial charge is 0.390 e. The van der Waals surface area contributed by atoms with E-state index in [1.54, 1.807) is 0 Å². The number of hydrogen-bond donors (Lipinski definition) is 4. The Kier molecular flexibility index (Phi) is 15.1. The van der Waals surface area contributed by atoms with Crippen LogP contribution < -0.4 is 16.1 Å². The first kappa shape index (κ1) is 30.3. The molecule has 180 valence electrons. The fourth-order valence-corrected chi connectivity index (χ4v) is 3.60. The number of aryl methyl sites for hydroxylation is 1. The van der Waals surface area contributed by atoms with Gasteiger partial charge in [0.15, 0.2) is 0 Å². The monoisotopic (exact) mass is 615 g/mol. The van der Waals surface area contributed by atoms with E-state index in [2.05, 4.69) is 33.3 Å². The number of rotatable bonds is 9. The standard InChI is InChI=1S/C23H36N4O3.CH3.W/c1-4-17(3)21(15-28)26-27-23(30)25-14-19-9-11-20(12-10-19)22(29)24-13-18-7-5-16(2)6-8-18;;/h5-8,17,19-20,28H,4,9-15H2,1-3H3,(H,24,29)(H2,25,27,30);1H3;/q;-1;/b26-21+;;/t17-,19?,20?;;/m0../s1. The first-order chi connectivity index (χ1) is 14.4. The van der Waals surface area contributed by atoms with Crippen LogP contribution in [0.5, 0.6) is 0 Å². The molecule has 1 fully saturated rings. The third kappa shape index (κ3) is 10.3. The van der Waals surface area contributed by atoms with E-state index in [0.717, 1.165) is 37.7 Å². The molecule has 1 aliphatic carbocycles. The Hall–Kier alpha value is -1.72. The van der Waals surface area contributed by atoms with Gasteiger partial charge in [-0.2, -0.15) is 5.10 Å². The van der Waals surface area contributed by atoms with Crippen LogP contribution in [0.15, 0.2) is 29.4 Å². The third-order valence-electron chi connectivity index (χ3n) is 6.00. The van der Waals surface area contributed by atoms with E-state index in [0.29, 0.717) is 24.7 Å². The molecule has 3 amide bonds. The summed E-state index contributed by atoms with van der Waals surface area (Å²) in [5.74, 6) is 0.666. The van der Waals surface area contributed by atoms with Gasteiger partial charge in [-0.1, -0.05) is 43.7 Å². The van der Waals surface area contributed by atoms with Gasteiger partial charge in [0.25, 0.3) is 0 Å². The zero-order chi connectivity index (χ0) is 21.9. The predicted molar refractivity (Wildman–Crippen MR) is 125 cm³/mol. The number of carbonyl (C=O) groups excluding carboxylic acids is 2. The Bertz CT molecular complexity index is 716. The zero-order valence-electron chi connectivity index (χ0n) is 19.8. The van der Waals surface area contributed by atoms with Crippen LogP contribution in [0.2, 0.25) is 0 Å². The minimum atomic E-state index is -0.359. The number of hydrazone groups is 1. The smallest absolute Gasteiger partial charge is 0.335 e. The van der Waals surface area contributed by atoms with Crippen LogP contribution in [0, 0.1) is 32.1 Å². The SMILES string of the molecule is CC[C@H](C)/C(CO)=N/NC(=O)NCC1CCC(C(=O)NCc2ccc(C)cc2)CC1.[CH3-].[W]. The van der Waals surface area contributed by atoms with Crippen molar-refractivity contribution in [3.8, 4) is 0 Å².